The summed E-state index contributed by atoms with van der Waals surface area (Å²) in [5.41, 5.74) is 0.648. The van der Waals surface area contributed by atoms with Crippen molar-refractivity contribution in [3.05, 3.63) is 29.8 Å². The van der Waals surface area contributed by atoms with Crippen molar-refractivity contribution in [1.82, 2.24) is 5.32 Å². The Morgan fingerprint density at radius 3 is 2.83 bits per heavy atom. The molecule has 2 rings (SSSR count). The molecule has 5 nitrogen and oxygen atoms in total. The van der Waals surface area contributed by atoms with Gasteiger partial charge < -0.3 is 10.1 Å². The Morgan fingerprint density at radius 1 is 1.46 bits per heavy atom. The van der Waals surface area contributed by atoms with Crippen LogP contribution in [0.1, 0.15) is 24.9 Å². The molecule has 1 fully saturated rings. The fourth-order valence-electron chi connectivity index (χ4n) is 2.41. The van der Waals surface area contributed by atoms with Crippen molar-refractivity contribution in [1.29, 1.82) is 0 Å². The molecule has 1 N–H and O–H groups in total. The highest BCUT2D eigenvalue weighted by molar-refractivity contribution is 8.02. The minimum Gasteiger partial charge on any atom is -0.435 e. The van der Waals surface area contributed by atoms with E-state index in [1.54, 1.807) is 19.1 Å². The second-order valence-electron chi connectivity index (χ2n) is 5.58. The first-order valence-electron chi connectivity index (χ1n) is 7.41. The second-order valence-corrected chi connectivity index (χ2v) is 9.09. The molecule has 1 amide bonds. The summed E-state index contributed by atoms with van der Waals surface area (Å²) >= 11 is 1.33. The third kappa shape index (κ3) is 5.94. The van der Waals surface area contributed by atoms with E-state index in [4.69, 9.17) is 0 Å². The van der Waals surface area contributed by atoms with Crippen LogP contribution in [0.5, 0.6) is 5.75 Å². The number of rotatable bonds is 7. The van der Waals surface area contributed by atoms with Crippen LogP contribution >= 0.6 is 11.8 Å². The minimum absolute atomic E-state index is 0.0362. The van der Waals surface area contributed by atoms with Gasteiger partial charge in [0.25, 0.3) is 0 Å². The standard InChI is InChI=1S/C15H19F2NO4S2/c1-10(11-3-2-4-12(7-11)22-15(16)17)18-14(19)8-23-13-5-6-24(20,21)9-13/h2-4,7,10,13,15H,5-6,8-9H2,1H3,(H,18,19)/t10-,13-/m1/s1. The number of alkyl halides is 2. The van der Waals surface area contributed by atoms with Crippen LogP contribution in [0.2, 0.25) is 0 Å². The van der Waals surface area contributed by atoms with Crippen LogP contribution in [0.25, 0.3) is 0 Å². The number of carbonyl (C=O) groups is 1. The fraction of sp³-hybridized carbons (Fsp3) is 0.533. The van der Waals surface area contributed by atoms with Gasteiger partial charge in [-0.3, -0.25) is 4.79 Å². The van der Waals surface area contributed by atoms with Gasteiger partial charge in [0.1, 0.15) is 5.75 Å². The van der Waals surface area contributed by atoms with Gasteiger partial charge in [-0.25, -0.2) is 8.42 Å². The summed E-state index contributed by atoms with van der Waals surface area (Å²) in [6.07, 6.45) is 0.572. The van der Waals surface area contributed by atoms with Gasteiger partial charge in [0.05, 0.1) is 23.3 Å². The van der Waals surface area contributed by atoms with Crippen molar-refractivity contribution in [2.75, 3.05) is 17.3 Å². The Balaban J connectivity index is 1.83. The summed E-state index contributed by atoms with van der Waals surface area (Å²) in [6.45, 7) is -1.16. The number of hydrogen-bond acceptors (Lipinski definition) is 5. The van der Waals surface area contributed by atoms with Crippen molar-refractivity contribution < 1.29 is 26.7 Å². The number of hydrogen-bond donors (Lipinski definition) is 1. The molecule has 0 bridgehead atoms. The Labute approximate surface area is 144 Å². The van der Waals surface area contributed by atoms with Crippen molar-refractivity contribution >= 4 is 27.5 Å². The lowest BCUT2D eigenvalue weighted by Gasteiger charge is -2.16. The number of benzene rings is 1. The lowest BCUT2D eigenvalue weighted by Crippen LogP contribution is -2.29. The summed E-state index contributed by atoms with van der Waals surface area (Å²) < 4.78 is 51.6. The smallest absolute Gasteiger partial charge is 0.387 e. The summed E-state index contributed by atoms with van der Waals surface area (Å²) in [6, 6.07) is 5.79. The van der Waals surface area contributed by atoms with Crippen LogP contribution in [-0.4, -0.2) is 43.4 Å². The maximum Gasteiger partial charge on any atom is 0.387 e. The van der Waals surface area contributed by atoms with Crippen LogP contribution in [0, 0.1) is 0 Å². The largest absolute Gasteiger partial charge is 0.435 e. The van der Waals surface area contributed by atoms with Gasteiger partial charge in [0.2, 0.25) is 5.91 Å². The number of sulfone groups is 1. The predicted octanol–water partition coefficient (Wildman–Crippen LogP) is 2.39. The average Bonchev–Trinajstić information content (AvgIpc) is 2.84. The molecule has 9 heteroatoms. The van der Waals surface area contributed by atoms with E-state index in [1.165, 1.54) is 23.9 Å². The zero-order chi connectivity index (χ0) is 17.7. The molecule has 0 unspecified atom stereocenters. The minimum atomic E-state index is -2.95. The van der Waals surface area contributed by atoms with Gasteiger partial charge in [0, 0.05) is 5.25 Å². The van der Waals surface area contributed by atoms with Gasteiger partial charge in [-0.15, -0.1) is 11.8 Å². The Morgan fingerprint density at radius 2 is 2.21 bits per heavy atom. The SMILES string of the molecule is C[C@@H](NC(=O)CS[C@@H]1CCS(=O)(=O)C1)c1cccc(OC(F)F)c1. The molecule has 1 aromatic carbocycles. The normalized spacial score (nSPS) is 20.8. The predicted molar refractivity (Wildman–Crippen MR) is 89.1 cm³/mol. The maximum absolute atomic E-state index is 12.2. The van der Waals surface area contributed by atoms with Gasteiger partial charge in [-0.1, -0.05) is 12.1 Å². The Bertz CT molecular complexity index is 682. The molecule has 1 heterocycles. The zero-order valence-corrected chi connectivity index (χ0v) is 14.7. The molecule has 1 aromatic rings. The maximum atomic E-state index is 12.2. The molecule has 0 spiro atoms. The molecular weight excluding hydrogens is 360 g/mol. The Kier molecular flexibility index (Phi) is 6.45. The monoisotopic (exact) mass is 379 g/mol. The third-order valence-corrected chi connectivity index (χ3v) is 6.88. The number of thioether (sulfide) groups is 1. The summed E-state index contributed by atoms with van der Waals surface area (Å²) in [7, 11) is -2.95. The number of halogens is 2. The number of carbonyl (C=O) groups excluding carboxylic acids is 1. The van der Waals surface area contributed by atoms with Crippen molar-refractivity contribution in [3.63, 3.8) is 0 Å². The third-order valence-electron chi connectivity index (χ3n) is 3.60. The highest BCUT2D eigenvalue weighted by atomic mass is 32.2. The summed E-state index contributed by atoms with van der Waals surface area (Å²) in [4.78, 5) is 12.0. The molecule has 0 saturated carbocycles. The lowest BCUT2D eigenvalue weighted by molar-refractivity contribution is -0.119. The average molecular weight is 379 g/mol. The lowest BCUT2D eigenvalue weighted by atomic mass is 10.1. The number of ether oxygens (including phenoxy) is 1. The molecule has 1 aliphatic rings. The molecule has 134 valence electrons. The molecule has 0 aromatic heterocycles. The van der Waals surface area contributed by atoms with Gasteiger partial charge in [-0.05, 0) is 31.0 Å². The highest BCUT2D eigenvalue weighted by Gasteiger charge is 2.28. The summed E-state index contributed by atoms with van der Waals surface area (Å²) in [5.74, 6) is 0.274. The topological polar surface area (TPSA) is 72.5 Å². The Hall–Kier alpha value is -1.35. The van der Waals surface area contributed by atoms with Gasteiger partial charge in [-0.2, -0.15) is 8.78 Å². The van der Waals surface area contributed by atoms with E-state index < -0.39 is 16.4 Å². The van der Waals surface area contributed by atoms with E-state index in [0.29, 0.717) is 12.0 Å². The zero-order valence-electron chi connectivity index (χ0n) is 13.1. The van der Waals surface area contributed by atoms with Crippen molar-refractivity contribution in [2.45, 2.75) is 31.2 Å². The fourth-order valence-corrected chi connectivity index (χ4v) is 5.87. The van der Waals surface area contributed by atoms with E-state index in [-0.39, 0.29) is 40.2 Å². The number of amides is 1. The van der Waals surface area contributed by atoms with E-state index >= 15 is 0 Å². The van der Waals surface area contributed by atoms with Gasteiger partial charge in [0.15, 0.2) is 9.84 Å². The second kappa shape index (κ2) is 8.15. The van der Waals surface area contributed by atoms with Crippen molar-refractivity contribution in [3.8, 4) is 5.75 Å². The first kappa shape index (κ1) is 19.0. The molecule has 0 aliphatic carbocycles. The van der Waals surface area contributed by atoms with Crippen LogP contribution in [0.3, 0.4) is 0 Å². The van der Waals surface area contributed by atoms with Crippen LogP contribution in [0.15, 0.2) is 24.3 Å². The van der Waals surface area contributed by atoms with Crippen LogP contribution < -0.4 is 10.1 Å². The van der Waals surface area contributed by atoms with E-state index in [2.05, 4.69) is 10.1 Å². The molecule has 2 atom stereocenters. The van der Waals surface area contributed by atoms with E-state index in [1.807, 2.05) is 0 Å². The molecule has 0 radical (unpaired) electrons. The first-order valence-corrected chi connectivity index (χ1v) is 10.3. The van der Waals surface area contributed by atoms with Crippen LogP contribution in [0.4, 0.5) is 8.78 Å². The molecule has 24 heavy (non-hydrogen) atoms. The van der Waals surface area contributed by atoms with E-state index in [9.17, 15) is 22.0 Å². The highest BCUT2D eigenvalue weighted by Crippen LogP contribution is 2.25. The van der Waals surface area contributed by atoms with Crippen molar-refractivity contribution in [2.24, 2.45) is 0 Å². The number of nitrogens with one attached hydrogen (secondary N) is 1. The molecule has 1 saturated heterocycles. The molecular formula is C15H19F2NO4S2. The molecule has 1 aliphatic heterocycles. The first-order chi connectivity index (χ1) is 11.2. The van der Waals surface area contributed by atoms with E-state index in [0.717, 1.165) is 0 Å². The quantitative estimate of drug-likeness (QED) is 0.788. The van der Waals surface area contributed by atoms with Gasteiger partial charge >= 0.3 is 6.61 Å². The van der Waals surface area contributed by atoms with Crippen LogP contribution in [-0.2, 0) is 14.6 Å². The summed E-state index contributed by atoms with van der Waals surface area (Å²) in [5, 5.41) is 2.73.